The summed E-state index contributed by atoms with van der Waals surface area (Å²) in [5.74, 6) is -0.989. The molecular formula is C25H26N2O5S2. The number of sulfonamides is 1. The van der Waals surface area contributed by atoms with Crippen LogP contribution in [0, 0.1) is 13.8 Å². The van der Waals surface area contributed by atoms with Gasteiger partial charge in [-0.05, 0) is 73.5 Å². The van der Waals surface area contributed by atoms with Crippen LogP contribution in [-0.4, -0.2) is 38.3 Å². The van der Waals surface area contributed by atoms with Crippen molar-refractivity contribution in [1.29, 1.82) is 0 Å². The minimum absolute atomic E-state index is 0.00843. The van der Waals surface area contributed by atoms with E-state index in [1.54, 1.807) is 47.4 Å². The monoisotopic (exact) mass is 498 g/mol. The maximum absolute atomic E-state index is 12.9. The number of likely N-dealkylation sites (tertiary alicyclic amines) is 1. The number of hydrogen-bond acceptors (Lipinski definition) is 6. The number of aryl methyl sites for hydroxylation is 2. The first-order valence-electron chi connectivity index (χ1n) is 10.9. The minimum Gasteiger partial charge on any atom is -0.452 e. The second-order valence-electron chi connectivity index (χ2n) is 8.29. The molecule has 1 aliphatic heterocycles. The molecule has 34 heavy (non-hydrogen) atoms. The van der Waals surface area contributed by atoms with Gasteiger partial charge in [-0.1, -0.05) is 24.3 Å². The summed E-state index contributed by atoms with van der Waals surface area (Å²) in [6, 6.07) is 15.2. The van der Waals surface area contributed by atoms with Crippen LogP contribution in [0.25, 0.3) is 0 Å². The normalized spacial score (nSPS) is 15.8. The molecule has 0 spiro atoms. The second kappa shape index (κ2) is 9.99. The number of nitrogens with one attached hydrogen (secondary N) is 1. The lowest BCUT2D eigenvalue weighted by Gasteiger charge is -2.23. The highest BCUT2D eigenvalue weighted by Gasteiger charge is 2.31. The van der Waals surface area contributed by atoms with Gasteiger partial charge in [0.05, 0.1) is 16.5 Å². The molecule has 1 saturated heterocycles. The Balaban J connectivity index is 1.45. The third kappa shape index (κ3) is 5.31. The molecule has 2 aromatic carbocycles. The van der Waals surface area contributed by atoms with Crippen LogP contribution >= 0.6 is 11.3 Å². The van der Waals surface area contributed by atoms with Crippen LogP contribution in [0.3, 0.4) is 0 Å². The summed E-state index contributed by atoms with van der Waals surface area (Å²) in [6.45, 7) is 3.79. The van der Waals surface area contributed by atoms with Crippen molar-refractivity contribution >= 4 is 38.9 Å². The zero-order valence-corrected chi connectivity index (χ0v) is 20.6. The van der Waals surface area contributed by atoms with Gasteiger partial charge < -0.3 is 9.64 Å². The number of amides is 1. The van der Waals surface area contributed by atoms with Crippen molar-refractivity contribution in [3.8, 4) is 0 Å². The Morgan fingerprint density at radius 2 is 1.94 bits per heavy atom. The van der Waals surface area contributed by atoms with Crippen LogP contribution in [0.1, 0.15) is 45.2 Å². The lowest BCUT2D eigenvalue weighted by molar-refractivity contribution is -0.135. The summed E-state index contributed by atoms with van der Waals surface area (Å²) >= 11 is 1.61. The molecule has 178 valence electrons. The molecule has 1 fully saturated rings. The summed E-state index contributed by atoms with van der Waals surface area (Å²) in [4.78, 5) is 28.4. The van der Waals surface area contributed by atoms with Gasteiger partial charge in [-0.2, -0.15) is 0 Å². The van der Waals surface area contributed by atoms with Crippen molar-refractivity contribution in [3.05, 3.63) is 81.5 Å². The van der Waals surface area contributed by atoms with E-state index in [9.17, 15) is 18.0 Å². The third-order valence-corrected chi connectivity index (χ3v) is 8.13. The van der Waals surface area contributed by atoms with Gasteiger partial charge in [-0.15, -0.1) is 11.3 Å². The van der Waals surface area contributed by atoms with Crippen molar-refractivity contribution in [1.82, 2.24) is 4.90 Å². The average molecular weight is 499 g/mol. The second-order valence-corrected chi connectivity index (χ2v) is 11.0. The summed E-state index contributed by atoms with van der Waals surface area (Å²) in [7, 11) is -3.91. The van der Waals surface area contributed by atoms with E-state index < -0.39 is 22.6 Å². The number of rotatable bonds is 7. The Hall–Kier alpha value is -3.17. The smallest absolute Gasteiger partial charge is 0.338 e. The number of hydrogen-bond donors (Lipinski definition) is 1. The van der Waals surface area contributed by atoms with Gasteiger partial charge in [-0.25, -0.2) is 13.2 Å². The van der Waals surface area contributed by atoms with Crippen molar-refractivity contribution in [2.24, 2.45) is 0 Å². The molecule has 0 bridgehead atoms. The highest BCUT2D eigenvalue weighted by atomic mass is 32.2. The Kier molecular flexibility index (Phi) is 7.04. The fourth-order valence-electron chi connectivity index (χ4n) is 4.04. The molecule has 1 amide bonds. The molecule has 9 heteroatoms. The number of nitrogens with zero attached hydrogens (tertiary/aromatic N) is 1. The topological polar surface area (TPSA) is 92.8 Å². The van der Waals surface area contributed by atoms with Gasteiger partial charge in [-0.3, -0.25) is 9.52 Å². The van der Waals surface area contributed by atoms with E-state index in [-0.39, 0.29) is 22.4 Å². The van der Waals surface area contributed by atoms with E-state index in [2.05, 4.69) is 4.72 Å². The zero-order valence-electron chi connectivity index (χ0n) is 19.0. The minimum atomic E-state index is -3.91. The molecule has 0 radical (unpaired) electrons. The molecule has 0 aliphatic carbocycles. The van der Waals surface area contributed by atoms with E-state index in [0.717, 1.165) is 23.3 Å². The van der Waals surface area contributed by atoms with Crippen LogP contribution in [0.4, 0.5) is 5.69 Å². The van der Waals surface area contributed by atoms with Crippen molar-refractivity contribution in [2.75, 3.05) is 17.9 Å². The summed E-state index contributed by atoms with van der Waals surface area (Å²) in [5, 5.41) is 1.98. The van der Waals surface area contributed by atoms with Gasteiger partial charge >= 0.3 is 5.97 Å². The fraction of sp³-hybridized carbons (Fsp3) is 0.280. The lowest BCUT2D eigenvalue weighted by Crippen LogP contribution is -2.34. The van der Waals surface area contributed by atoms with Crippen molar-refractivity contribution in [2.45, 2.75) is 37.6 Å². The van der Waals surface area contributed by atoms with E-state index in [1.165, 1.54) is 12.1 Å². The van der Waals surface area contributed by atoms with Crippen LogP contribution < -0.4 is 4.72 Å². The number of anilines is 1. The zero-order chi connectivity index (χ0) is 24.3. The standard InChI is InChI=1S/C25H26N2O5S2/c1-17-6-3-7-19(14-17)26-34(30,31)20-11-10-18(2)21(15-20)25(29)32-16-24(28)27-12-4-8-22(27)23-9-5-13-33-23/h3,5-7,9-11,13-15,22,26H,4,8,12,16H2,1-2H3/t22-/m1/s1. The maximum Gasteiger partial charge on any atom is 0.338 e. The maximum atomic E-state index is 12.9. The predicted octanol–water partition coefficient (Wildman–Crippen LogP) is 4.69. The molecule has 3 aromatic rings. The van der Waals surface area contributed by atoms with Crippen LogP contribution in [0.5, 0.6) is 0 Å². The predicted molar refractivity (Wildman–Crippen MR) is 131 cm³/mol. The Labute approximate surface area is 203 Å². The first-order chi connectivity index (χ1) is 16.2. The molecule has 2 heterocycles. The number of ether oxygens (including phenoxy) is 1. The van der Waals surface area contributed by atoms with Gasteiger partial charge in [0.25, 0.3) is 15.9 Å². The third-order valence-electron chi connectivity index (χ3n) is 5.78. The van der Waals surface area contributed by atoms with Crippen molar-refractivity contribution < 1.29 is 22.7 Å². The molecule has 1 aliphatic rings. The SMILES string of the molecule is Cc1cccc(NS(=O)(=O)c2ccc(C)c(C(=O)OCC(=O)N3CCC[C@@H]3c3cccs3)c2)c1. The summed E-state index contributed by atoms with van der Waals surface area (Å²) < 4.78 is 33.6. The number of thiophene rings is 1. The number of benzene rings is 2. The Bertz CT molecular complexity index is 1300. The number of carbonyl (C=O) groups excluding carboxylic acids is 2. The van der Waals surface area contributed by atoms with E-state index in [0.29, 0.717) is 17.8 Å². The molecule has 1 atom stereocenters. The molecule has 7 nitrogen and oxygen atoms in total. The van der Waals surface area contributed by atoms with Gasteiger partial charge in [0.1, 0.15) is 0 Å². The first-order valence-corrected chi connectivity index (χ1v) is 13.3. The Morgan fingerprint density at radius 3 is 2.68 bits per heavy atom. The van der Waals surface area contributed by atoms with E-state index >= 15 is 0 Å². The van der Waals surface area contributed by atoms with Gasteiger partial charge in [0, 0.05) is 17.1 Å². The van der Waals surface area contributed by atoms with Crippen molar-refractivity contribution in [3.63, 3.8) is 0 Å². The fourth-order valence-corrected chi connectivity index (χ4v) is 5.99. The lowest BCUT2D eigenvalue weighted by atomic mass is 10.1. The molecule has 4 rings (SSSR count). The highest BCUT2D eigenvalue weighted by molar-refractivity contribution is 7.92. The van der Waals surface area contributed by atoms with Crippen LogP contribution in [-0.2, 0) is 19.6 Å². The number of carbonyl (C=O) groups is 2. The quantitative estimate of drug-likeness (QED) is 0.477. The molecule has 0 unspecified atom stereocenters. The first kappa shape index (κ1) is 24.0. The van der Waals surface area contributed by atoms with Crippen LogP contribution in [0.15, 0.2) is 64.9 Å². The van der Waals surface area contributed by atoms with E-state index in [1.807, 2.05) is 30.5 Å². The largest absolute Gasteiger partial charge is 0.452 e. The van der Waals surface area contributed by atoms with Crippen LogP contribution in [0.2, 0.25) is 0 Å². The Morgan fingerprint density at radius 1 is 1.12 bits per heavy atom. The van der Waals surface area contributed by atoms with Gasteiger partial charge in [0.15, 0.2) is 6.61 Å². The molecule has 0 saturated carbocycles. The molecule has 1 N–H and O–H groups in total. The number of esters is 1. The average Bonchev–Trinajstić information content (AvgIpc) is 3.49. The van der Waals surface area contributed by atoms with E-state index in [4.69, 9.17) is 4.74 Å². The van der Waals surface area contributed by atoms with Gasteiger partial charge in [0.2, 0.25) is 0 Å². The highest BCUT2D eigenvalue weighted by Crippen LogP contribution is 2.34. The summed E-state index contributed by atoms with van der Waals surface area (Å²) in [6.07, 6.45) is 1.78. The molecule has 1 aromatic heterocycles. The molecular weight excluding hydrogens is 472 g/mol. The summed E-state index contributed by atoms with van der Waals surface area (Å²) in [5.41, 5.74) is 2.01.